The lowest BCUT2D eigenvalue weighted by atomic mass is 9.75. The Morgan fingerprint density at radius 2 is 1.86 bits per heavy atom. The van der Waals surface area contributed by atoms with Crippen LogP contribution in [0.5, 0.6) is 17.6 Å². The molecule has 1 saturated carbocycles. The molecule has 2 N–H and O–H groups in total. The molecule has 1 fully saturated rings. The molecule has 0 amide bonds. The predicted octanol–water partition coefficient (Wildman–Crippen LogP) is 4.90. The van der Waals surface area contributed by atoms with Crippen LogP contribution in [-0.2, 0) is 0 Å². The number of nitrogens with one attached hydrogen (secondary N) is 1. The third-order valence-corrected chi connectivity index (χ3v) is 6.59. The molecule has 2 aromatic carbocycles. The predicted molar refractivity (Wildman–Crippen MR) is 136 cm³/mol. The van der Waals surface area contributed by atoms with Crippen molar-refractivity contribution in [1.82, 2.24) is 15.0 Å². The smallest absolute Gasteiger partial charge is 0.318 e. The third kappa shape index (κ3) is 4.09. The van der Waals surface area contributed by atoms with Crippen molar-refractivity contribution in [2.45, 2.75) is 12.8 Å². The fourth-order valence-corrected chi connectivity index (χ4v) is 4.70. The highest BCUT2D eigenvalue weighted by Gasteiger charge is 2.29. The zero-order chi connectivity index (χ0) is 26.3. The van der Waals surface area contributed by atoms with Crippen molar-refractivity contribution in [2.75, 3.05) is 26.1 Å². The highest BCUT2D eigenvalue weighted by Crippen LogP contribution is 2.41. The standard InChI is InChI=1S/C28H22F2N4O3/c1-5-14-9-15(10-14)13-31-26-22-25(33-28(34-26)37-4)23(30)24(32-27(22)36-3)19-12-17(35)11-16-7-8-20(29)18(6-2)21(16)19/h1-2,7-8,11-12,14-15,35H,9-10,13H2,3-4H3,(H,31,33,34). The van der Waals surface area contributed by atoms with Gasteiger partial charge in [-0.3, -0.25) is 0 Å². The Hall–Kier alpha value is -4.63. The number of anilines is 1. The summed E-state index contributed by atoms with van der Waals surface area (Å²) in [5.74, 6) is 4.31. The highest BCUT2D eigenvalue weighted by atomic mass is 19.1. The van der Waals surface area contributed by atoms with Crippen molar-refractivity contribution in [2.24, 2.45) is 11.8 Å². The number of nitrogens with zero attached hydrogens (tertiary/aromatic N) is 3. The lowest BCUT2D eigenvalue weighted by Gasteiger charge is -2.32. The number of terminal acetylenes is 2. The van der Waals surface area contributed by atoms with Crippen LogP contribution in [0.2, 0.25) is 0 Å². The molecule has 7 nitrogen and oxygen atoms in total. The Balaban J connectivity index is 1.73. The highest BCUT2D eigenvalue weighted by molar-refractivity contribution is 6.04. The second kappa shape index (κ2) is 9.44. The summed E-state index contributed by atoms with van der Waals surface area (Å²) in [6.45, 7) is 0.558. The molecule has 0 atom stereocenters. The Morgan fingerprint density at radius 1 is 1.08 bits per heavy atom. The first-order valence-electron chi connectivity index (χ1n) is 11.5. The number of hydrogen-bond donors (Lipinski definition) is 2. The average Bonchev–Trinajstić information content (AvgIpc) is 2.87. The van der Waals surface area contributed by atoms with E-state index in [4.69, 9.17) is 22.3 Å². The van der Waals surface area contributed by atoms with Crippen LogP contribution >= 0.6 is 0 Å². The number of phenolic OH excluding ortho intramolecular Hbond substituents is 1. The van der Waals surface area contributed by atoms with Gasteiger partial charge in [0.15, 0.2) is 5.82 Å². The maximum absolute atomic E-state index is 16.2. The minimum Gasteiger partial charge on any atom is -0.508 e. The first-order valence-corrected chi connectivity index (χ1v) is 11.5. The van der Waals surface area contributed by atoms with E-state index in [9.17, 15) is 9.50 Å². The molecule has 2 heterocycles. The summed E-state index contributed by atoms with van der Waals surface area (Å²) in [7, 11) is 2.75. The fraction of sp³-hybridized carbons (Fsp3) is 0.250. The van der Waals surface area contributed by atoms with E-state index in [1.807, 2.05) is 0 Å². The maximum Gasteiger partial charge on any atom is 0.318 e. The van der Waals surface area contributed by atoms with Gasteiger partial charge in [0, 0.05) is 23.4 Å². The van der Waals surface area contributed by atoms with Crippen LogP contribution in [0.3, 0.4) is 0 Å². The molecular formula is C28H22F2N4O3. The van der Waals surface area contributed by atoms with Gasteiger partial charge in [-0.05, 0) is 42.3 Å². The quantitative estimate of drug-likeness (QED) is 0.364. The van der Waals surface area contributed by atoms with E-state index < -0.39 is 11.6 Å². The van der Waals surface area contributed by atoms with Gasteiger partial charge >= 0.3 is 6.01 Å². The topological polar surface area (TPSA) is 89.4 Å². The summed E-state index contributed by atoms with van der Waals surface area (Å²) in [6.07, 6.45) is 12.8. The van der Waals surface area contributed by atoms with E-state index >= 15 is 4.39 Å². The molecule has 1 aliphatic rings. The van der Waals surface area contributed by atoms with Gasteiger partial charge in [0.25, 0.3) is 0 Å². The van der Waals surface area contributed by atoms with E-state index in [2.05, 4.69) is 32.1 Å². The van der Waals surface area contributed by atoms with Gasteiger partial charge in [-0.2, -0.15) is 9.97 Å². The van der Waals surface area contributed by atoms with Gasteiger partial charge in [-0.15, -0.1) is 18.8 Å². The molecule has 0 saturated heterocycles. The second-order valence-corrected chi connectivity index (χ2v) is 8.81. The lowest BCUT2D eigenvalue weighted by Crippen LogP contribution is -2.28. The van der Waals surface area contributed by atoms with E-state index in [1.165, 1.54) is 38.5 Å². The van der Waals surface area contributed by atoms with Crippen molar-refractivity contribution in [3.63, 3.8) is 0 Å². The molecule has 0 unspecified atom stereocenters. The molecule has 0 radical (unpaired) electrons. The number of aromatic hydroxyl groups is 1. The maximum atomic E-state index is 16.2. The van der Waals surface area contributed by atoms with Crippen molar-refractivity contribution in [3.05, 3.63) is 41.5 Å². The Kier molecular flexibility index (Phi) is 6.14. The average molecular weight is 501 g/mol. The van der Waals surface area contributed by atoms with Gasteiger partial charge in [-0.25, -0.2) is 13.8 Å². The monoisotopic (exact) mass is 500 g/mol. The van der Waals surface area contributed by atoms with Crippen molar-refractivity contribution >= 4 is 27.5 Å². The SMILES string of the molecule is C#Cc1c(F)ccc2cc(O)cc(-c3nc(OC)c4c(NCC5CC(C#C)C5)nc(OC)nc4c3F)c12. The van der Waals surface area contributed by atoms with Gasteiger partial charge in [0.2, 0.25) is 5.88 Å². The number of halogens is 2. The number of fused-ring (bicyclic) bond motifs is 2. The number of aromatic nitrogens is 3. The Morgan fingerprint density at radius 3 is 2.54 bits per heavy atom. The number of pyridine rings is 1. The number of methoxy groups -OCH3 is 2. The molecule has 0 bridgehead atoms. The Labute approximate surface area is 211 Å². The van der Waals surface area contributed by atoms with Gasteiger partial charge in [-0.1, -0.05) is 12.0 Å². The van der Waals surface area contributed by atoms with Gasteiger partial charge < -0.3 is 19.9 Å². The van der Waals surface area contributed by atoms with E-state index in [0.29, 0.717) is 17.8 Å². The number of rotatable bonds is 6. The summed E-state index contributed by atoms with van der Waals surface area (Å²) in [5.41, 5.74) is -0.348. The number of hydrogen-bond acceptors (Lipinski definition) is 7. The molecule has 1 aliphatic carbocycles. The van der Waals surface area contributed by atoms with Crippen LogP contribution in [0.15, 0.2) is 24.3 Å². The van der Waals surface area contributed by atoms with Crippen molar-refractivity contribution in [3.8, 4) is 53.6 Å². The minimum absolute atomic E-state index is 0.0295. The fourth-order valence-electron chi connectivity index (χ4n) is 4.70. The van der Waals surface area contributed by atoms with Gasteiger partial charge in [0.05, 0.1) is 19.8 Å². The van der Waals surface area contributed by atoms with E-state index in [-0.39, 0.29) is 62.5 Å². The zero-order valence-electron chi connectivity index (χ0n) is 20.1. The first-order chi connectivity index (χ1) is 17.9. The number of ether oxygens (including phenoxy) is 2. The molecule has 0 spiro atoms. The first kappa shape index (κ1) is 24.1. The third-order valence-electron chi connectivity index (χ3n) is 6.59. The normalized spacial score (nSPS) is 16.6. The van der Waals surface area contributed by atoms with Crippen LogP contribution in [0, 0.1) is 48.2 Å². The van der Waals surface area contributed by atoms with Crippen LogP contribution in [0.4, 0.5) is 14.6 Å². The summed E-state index contributed by atoms with van der Waals surface area (Å²) in [4.78, 5) is 13.0. The second-order valence-electron chi connectivity index (χ2n) is 8.81. The van der Waals surface area contributed by atoms with Crippen LogP contribution < -0.4 is 14.8 Å². The van der Waals surface area contributed by atoms with Crippen LogP contribution in [0.1, 0.15) is 18.4 Å². The molecule has 186 valence electrons. The van der Waals surface area contributed by atoms with Crippen LogP contribution in [-0.4, -0.2) is 40.8 Å². The largest absolute Gasteiger partial charge is 0.508 e. The van der Waals surface area contributed by atoms with E-state index in [0.717, 1.165) is 12.8 Å². The molecule has 2 aromatic heterocycles. The molecule has 37 heavy (non-hydrogen) atoms. The van der Waals surface area contributed by atoms with Crippen molar-refractivity contribution < 1.29 is 23.4 Å². The van der Waals surface area contributed by atoms with Crippen LogP contribution in [0.25, 0.3) is 32.9 Å². The molecule has 4 aromatic rings. The zero-order valence-corrected chi connectivity index (χ0v) is 20.1. The summed E-state index contributed by atoms with van der Waals surface area (Å²) < 4.78 is 41.5. The Bertz CT molecular complexity index is 1640. The lowest BCUT2D eigenvalue weighted by molar-refractivity contribution is 0.262. The molecule has 0 aliphatic heterocycles. The summed E-state index contributed by atoms with van der Waals surface area (Å²) in [5, 5.41) is 14.4. The summed E-state index contributed by atoms with van der Waals surface area (Å²) >= 11 is 0. The van der Waals surface area contributed by atoms with Crippen molar-refractivity contribution in [1.29, 1.82) is 0 Å². The van der Waals surface area contributed by atoms with E-state index in [1.54, 1.807) is 0 Å². The molecule has 5 rings (SSSR count). The number of benzene rings is 2. The van der Waals surface area contributed by atoms with Gasteiger partial charge in [0.1, 0.15) is 34.0 Å². The minimum atomic E-state index is -0.838. The molecular weight excluding hydrogens is 478 g/mol. The number of phenols is 1. The summed E-state index contributed by atoms with van der Waals surface area (Å²) in [6, 6.07) is 5.25. The molecule has 9 heteroatoms.